The first-order valence-corrected chi connectivity index (χ1v) is 12.6. The highest BCUT2D eigenvalue weighted by atomic mass is 16.7. The Kier molecular flexibility index (Phi) is 7.29. The van der Waals surface area contributed by atoms with Crippen LogP contribution < -0.4 is 24.3 Å². The molecule has 0 amide bonds. The molecule has 1 N–H and O–H groups in total. The Labute approximate surface area is 206 Å². The molecule has 35 heavy (non-hydrogen) atoms. The average Bonchev–Trinajstić information content (AvgIpc) is 3.51. The van der Waals surface area contributed by atoms with Crippen LogP contribution in [-0.4, -0.2) is 63.7 Å². The highest BCUT2D eigenvalue weighted by molar-refractivity contribution is 5.76. The minimum Gasteiger partial charge on any atom is -0.486 e. The largest absolute Gasteiger partial charge is 0.486 e. The van der Waals surface area contributed by atoms with Crippen molar-refractivity contribution in [3.05, 3.63) is 47.5 Å². The van der Waals surface area contributed by atoms with E-state index in [4.69, 9.17) is 23.7 Å². The molecule has 1 saturated heterocycles. The zero-order chi connectivity index (χ0) is 24.2. The summed E-state index contributed by atoms with van der Waals surface area (Å²) >= 11 is 0. The number of hydrogen-bond acceptors (Lipinski definition) is 8. The van der Waals surface area contributed by atoms with E-state index in [0.29, 0.717) is 19.8 Å². The van der Waals surface area contributed by atoms with Gasteiger partial charge in [0.05, 0.1) is 12.5 Å². The maximum absolute atomic E-state index is 13.5. The molecule has 0 saturated carbocycles. The fourth-order valence-corrected chi connectivity index (χ4v) is 5.33. The minimum absolute atomic E-state index is 0.0482. The lowest BCUT2D eigenvalue weighted by Crippen LogP contribution is -2.35. The van der Waals surface area contributed by atoms with E-state index in [1.165, 1.54) is 0 Å². The Morgan fingerprint density at radius 3 is 2.43 bits per heavy atom. The number of hydrogen-bond donors (Lipinski definition) is 1. The first-order valence-electron chi connectivity index (χ1n) is 12.6. The average molecular weight is 483 g/mol. The number of rotatable bonds is 9. The van der Waals surface area contributed by atoms with E-state index in [2.05, 4.69) is 23.2 Å². The summed E-state index contributed by atoms with van der Waals surface area (Å²) in [5, 5.41) is 3.50. The highest BCUT2D eigenvalue weighted by Crippen LogP contribution is 2.49. The van der Waals surface area contributed by atoms with Gasteiger partial charge in [0.15, 0.2) is 23.0 Å². The Bertz CT molecular complexity index is 1040. The van der Waals surface area contributed by atoms with E-state index < -0.39 is 0 Å². The summed E-state index contributed by atoms with van der Waals surface area (Å²) in [7, 11) is 0. The van der Waals surface area contributed by atoms with E-state index in [1.54, 1.807) is 0 Å². The molecular weight excluding hydrogens is 448 g/mol. The first kappa shape index (κ1) is 23.8. The molecule has 3 aliphatic heterocycles. The molecule has 0 bridgehead atoms. The van der Waals surface area contributed by atoms with Gasteiger partial charge in [0.25, 0.3) is 0 Å². The quantitative estimate of drug-likeness (QED) is 0.430. The molecule has 3 heterocycles. The summed E-state index contributed by atoms with van der Waals surface area (Å²) < 4.78 is 28.4. The van der Waals surface area contributed by atoms with Gasteiger partial charge < -0.3 is 29.0 Å². The summed E-state index contributed by atoms with van der Waals surface area (Å²) in [6.45, 7) is 9.01. The number of nitrogens with one attached hydrogen (secondary N) is 1. The summed E-state index contributed by atoms with van der Waals surface area (Å²) in [5.41, 5.74) is 2.09. The molecule has 3 atom stereocenters. The number of ether oxygens (including phenoxy) is 5. The van der Waals surface area contributed by atoms with Crippen LogP contribution >= 0.6 is 0 Å². The number of nitrogens with zero attached hydrogens (tertiary/aromatic N) is 1. The monoisotopic (exact) mass is 482 g/mol. The number of esters is 1. The fraction of sp³-hybridized carbons (Fsp3) is 0.519. The van der Waals surface area contributed by atoms with Gasteiger partial charge in [-0.1, -0.05) is 19.1 Å². The Hall–Kier alpha value is -2.97. The Morgan fingerprint density at radius 2 is 1.63 bits per heavy atom. The molecule has 0 aliphatic carbocycles. The van der Waals surface area contributed by atoms with Gasteiger partial charge in [-0.3, -0.25) is 9.69 Å². The van der Waals surface area contributed by atoms with Crippen LogP contribution in [0.2, 0.25) is 0 Å². The van der Waals surface area contributed by atoms with Gasteiger partial charge in [0.2, 0.25) is 6.79 Å². The number of carbonyl (C=O) groups is 1. The van der Waals surface area contributed by atoms with Gasteiger partial charge in [-0.15, -0.1) is 0 Å². The Morgan fingerprint density at radius 1 is 0.943 bits per heavy atom. The summed E-state index contributed by atoms with van der Waals surface area (Å²) in [5.74, 6) is 2.34. The van der Waals surface area contributed by atoms with Crippen LogP contribution in [0.4, 0.5) is 0 Å². The molecule has 3 aliphatic rings. The summed E-state index contributed by atoms with van der Waals surface area (Å²) in [6.07, 6.45) is 1.08. The van der Waals surface area contributed by atoms with Crippen molar-refractivity contribution in [1.29, 1.82) is 0 Å². The lowest BCUT2D eigenvalue weighted by atomic mass is 9.82. The first-order chi connectivity index (χ1) is 17.2. The van der Waals surface area contributed by atoms with Crippen LogP contribution in [0.15, 0.2) is 36.4 Å². The van der Waals surface area contributed by atoms with E-state index in [0.717, 1.165) is 66.7 Å². The minimum atomic E-state index is -0.371. The van der Waals surface area contributed by atoms with Crippen molar-refractivity contribution in [3.8, 4) is 23.0 Å². The van der Waals surface area contributed by atoms with Crippen LogP contribution in [0, 0.1) is 5.92 Å². The van der Waals surface area contributed by atoms with Crippen LogP contribution in [-0.2, 0) is 9.53 Å². The molecule has 0 radical (unpaired) electrons. The predicted molar refractivity (Wildman–Crippen MR) is 130 cm³/mol. The van der Waals surface area contributed by atoms with E-state index >= 15 is 0 Å². The van der Waals surface area contributed by atoms with Crippen molar-refractivity contribution in [2.24, 2.45) is 5.92 Å². The van der Waals surface area contributed by atoms with Crippen molar-refractivity contribution in [2.45, 2.75) is 32.2 Å². The van der Waals surface area contributed by atoms with Gasteiger partial charge in [0, 0.05) is 31.6 Å². The van der Waals surface area contributed by atoms with Crippen molar-refractivity contribution in [2.75, 3.05) is 52.8 Å². The molecule has 8 nitrogen and oxygen atoms in total. The van der Waals surface area contributed by atoms with Crippen LogP contribution in [0.1, 0.15) is 43.4 Å². The van der Waals surface area contributed by atoms with Gasteiger partial charge in [-0.25, -0.2) is 0 Å². The van der Waals surface area contributed by atoms with Crippen LogP contribution in [0.3, 0.4) is 0 Å². The molecule has 2 aromatic rings. The molecule has 2 aromatic carbocycles. The van der Waals surface area contributed by atoms with Crippen molar-refractivity contribution in [1.82, 2.24) is 10.2 Å². The van der Waals surface area contributed by atoms with Crippen molar-refractivity contribution < 1.29 is 28.5 Å². The normalized spacial score (nSPS) is 22.9. The standard InChI is InChI=1S/C27H34N2O6/c1-3-9-28-10-11-29-16-20(18-5-7-22-24(14-18)35-17-34-22)25(27(30)31-4-2)26(29)19-6-8-21-23(15-19)33-13-12-32-21/h5-8,14-15,20,25-26,28H,3-4,9-13,16-17H2,1-2H3. The molecule has 3 unspecified atom stereocenters. The molecule has 5 rings (SSSR count). The lowest BCUT2D eigenvalue weighted by molar-refractivity contribution is -0.149. The molecule has 188 valence electrons. The molecule has 0 aromatic heterocycles. The second-order valence-electron chi connectivity index (χ2n) is 9.09. The van der Waals surface area contributed by atoms with Gasteiger partial charge in [-0.2, -0.15) is 0 Å². The second kappa shape index (κ2) is 10.7. The number of likely N-dealkylation sites (tertiary alicyclic amines) is 1. The molecule has 8 heteroatoms. The fourth-order valence-electron chi connectivity index (χ4n) is 5.33. The third-order valence-electron chi connectivity index (χ3n) is 6.89. The Balaban J connectivity index is 1.51. The zero-order valence-electron chi connectivity index (χ0n) is 20.5. The molecule has 1 fully saturated rings. The van der Waals surface area contributed by atoms with E-state index in [-0.39, 0.29) is 30.6 Å². The third kappa shape index (κ3) is 4.90. The predicted octanol–water partition coefficient (Wildman–Crippen LogP) is 3.51. The second-order valence-corrected chi connectivity index (χ2v) is 9.09. The summed E-state index contributed by atoms with van der Waals surface area (Å²) in [4.78, 5) is 15.9. The molecule has 0 spiro atoms. The number of benzene rings is 2. The number of carbonyl (C=O) groups excluding carboxylic acids is 1. The maximum atomic E-state index is 13.5. The van der Waals surface area contributed by atoms with Gasteiger partial charge >= 0.3 is 5.97 Å². The van der Waals surface area contributed by atoms with E-state index in [1.807, 2.05) is 37.3 Å². The zero-order valence-corrected chi connectivity index (χ0v) is 20.5. The highest BCUT2D eigenvalue weighted by Gasteiger charge is 2.48. The smallest absolute Gasteiger partial charge is 0.311 e. The maximum Gasteiger partial charge on any atom is 0.311 e. The van der Waals surface area contributed by atoms with Crippen molar-refractivity contribution in [3.63, 3.8) is 0 Å². The number of fused-ring (bicyclic) bond motifs is 2. The summed E-state index contributed by atoms with van der Waals surface area (Å²) in [6, 6.07) is 11.9. The van der Waals surface area contributed by atoms with Gasteiger partial charge in [-0.05, 0) is 55.3 Å². The molecular formula is C27H34N2O6. The van der Waals surface area contributed by atoms with Crippen LogP contribution in [0.5, 0.6) is 23.0 Å². The van der Waals surface area contributed by atoms with Crippen LogP contribution in [0.25, 0.3) is 0 Å². The lowest BCUT2D eigenvalue weighted by Gasteiger charge is -2.29. The third-order valence-corrected chi connectivity index (χ3v) is 6.89. The topological polar surface area (TPSA) is 78.5 Å². The van der Waals surface area contributed by atoms with Gasteiger partial charge in [0.1, 0.15) is 13.2 Å². The SMILES string of the molecule is CCCNCCN1CC(c2ccc3c(c2)OCO3)C(C(=O)OCC)C1c1ccc2c(c1)OCCO2. The van der Waals surface area contributed by atoms with E-state index in [9.17, 15) is 4.79 Å². The van der Waals surface area contributed by atoms with Crippen molar-refractivity contribution >= 4 is 5.97 Å².